The van der Waals surface area contributed by atoms with Crippen LogP contribution in [0, 0.1) is 13.8 Å². The SMILES string of the molecule is Cc1ccc2c(c1)C1=NC2=Nc2c3cc(OCC(F)(F)C(F)F)ccc3c3n2[Si](O[Si](C)(C)C)(O[Si](C)(C)C)n2c(c4ccc(C)cc4c2=NC2=NC(=N3)c3cc(OCC(F)(F)C(F)F)ccc32)=N1. The van der Waals surface area contributed by atoms with Gasteiger partial charge < -0.3 is 17.7 Å². The molecule has 6 bridgehead atoms. The highest BCUT2D eigenvalue weighted by atomic mass is 28.5. The number of fused-ring (bicyclic) bond motifs is 14. The number of alkyl halides is 8. The minimum Gasteiger partial charge on any atom is -0.487 e. The zero-order valence-corrected chi connectivity index (χ0v) is 41.2. The van der Waals surface area contributed by atoms with Gasteiger partial charge in [-0.25, -0.2) is 47.5 Å². The van der Waals surface area contributed by atoms with Gasteiger partial charge in [0.1, 0.15) is 34.1 Å². The van der Waals surface area contributed by atoms with Crippen LogP contribution in [0.15, 0.2) is 103 Å². The van der Waals surface area contributed by atoms with Crippen molar-refractivity contribution in [2.45, 2.75) is 77.8 Å². The highest BCUT2D eigenvalue weighted by Gasteiger charge is 2.57. The van der Waals surface area contributed by atoms with Crippen molar-refractivity contribution < 1.29 is 52.8 Å². The molecule has 0 aliphatic carbocycles. The van der Waals surface area contributed by atoms with Gasteiger partial charge >= 0.3 is 33.6 Å². The van der Waals surface area contributed by atoms with Crippen LogP contribution < -0.4 is 20.4 Å². The number of hydrogen-bond donors (Lipinski definition) is 0. The van der Waals surface area contributed by atoms with Crippen molar-refractivity contribution in [3.05, 3.63) is 117 Å². The quantitative estimate of drug-likeness (QED) is 0.0895. The van der Waals surface area contributed by atoms with Crippen LogP contribution >= 0.6 is 0 Å². The van der Waals surface area contributed by atoms with Gasteiger partial charge in [-0.15, -0.1) is 0 Å². The third-order valence-corrected chi connectivity index (χ3v) is 20.3. The number of benzene rings is 4. The Hall–Kier alpha value is -6.15. The van der Waals surface area contributed by atoms with Crippen molar-refractivity contribution in [1.29, 1.82) is 0 Å². The normalized spacial score (nSPS) is 16.1. The molecule has 0 atom stereocenters. The number of aryl methyl sites for hydroxylation is 2. The molecule has 0 radical (unpaired) electrons. The fourth-order valence-corrected chi connectivity index (χ4v) is 18.8. The van der Waals surface area contributed by atoms with Gasteiger partial charge in [0.15, 0.2) is 53.2 Å². The number of halogens is 8. The first-order valence-corrected chi connectivity index (χ1v) is 30.2. The predicted molar refractivity (Wildman–Crippen MR) is 252 cm³/mol. The number of nitrogens with zero attached hydrogens (tertiary/aromatic N) is 8. The Balaban J connectivity index is 1.42. The molecule has 0 spiro atoms. The van der Waals surface area contributed by atoms with E-state index in [1.54, 1.807) is 4.23 Å². The average Bonchev–Trinajstić information content (AvgIpc) is 3.95. The molecule has 358 valence electrons. The lowest BCUT2D eigenvalue weighted by molar-refractivity contribution is -0.148. The van der Waals surface area contributed by atoms with Gasteiger partial charge in [-0.1, -0.05) is 35.4 Å². The first-order valence-electron chi connectivity index (χ1n) is 21.7. The summed E-state index contributed by atoms with van der Waals surface area (Å²) in [5.74, 6) is -8.42. The van der Waals surface area contributed by atoms with Crippen molar-refractivity contribution in [2.24, 2.45) is 30.0 Å². The molecule has 0 fully saturated rings. The predicted octanol–water partition coefficient (Wildman–Crippen LogP) is 10.2. The number of hydrogen-bond acceptors (Lipinski definition) is 10. The van der Waals surface area contributed by atoms with Crippen LogP contribution in [0.4, 0.5) is 46.8 Å². The Morgan fingerprint density at radius 1 is 0.493 bits per heavy atom. The van der Waals surface area contributed by atoms with Crippen molar-refractivity contribution in [3.63, 3.8) is 0 Å². The van der Waals surface area contributed by atoms with Crippen LogP contribution in [0.3, 0.4) is 0 Å². The van der Waals surface area contributed by atoms with E-state index in [4.69, 9.17) is 47.7 Å². The summed E-state index contributed by atoms with van der Waals surface area (Å²) in [6, 6.07) is 20.0. The lowest BCUT2D eigenvalue weighted by Crippen LogP contribution is -2.69. The summed E-state index contributed by atoms with van der Waals surface area (Å²) < 4.78 is 140. The Bertz CT molecular complexity index is 3430. The van der Waals surface area contributed by atoms with Crippen LogP contribution in [0.1, 0.15) is 33.4 Å². The van der Waals surface area contributed by atoms with Crippen molar-refractivity contribution >= 4 is 82.0 Å². The molecule has 4 aliphatic heterocycles. The highest BCUT2D eigenvalue weighted by Crippen LogP contribution is 2.46. The van der Waals surface area contributed by atoms with Gasteiger partial charge in [0.05, 0.1) is 0 Å². The summed E-state index contributed by atoms with van der Waals surface area (Å²) in [6.45, 7) is 12.6. The van der Waals surface area contributed by atoms with Crippen molar-refractivity contribution in [3.8, 4) is 11.5 Å². The van der Waals surface area contributed by atoms with E-state index in [-0.39, 0.29) is 51.6 Å². The second-order valence-electron chi connectivity index (χ2n) is 19.1. The Morgan fingerprint density at radius 2 is 0.942 bits per heavy atom. The van der Waals surface area contributed by atoms with Crippen LogP contribution in [-0.4, -0.2) is 95.2 Å². The summed E-state index contributed by atoms with van der Waals surface area (Å²) in [7, 11) is -10.4. The third kappa shape index (κ3) is 8.05. The van der Waals surface area contributed by atoms with E-state index in [1.165, 1.54) is 36.4 Å². The van der Waals surface area contributed by atoms with E-state index in [0.29, 0.717) is 49.7 Å². The summed E-state index contributed by atoms with van der Waals surface area (Å²) >= 11 is 0. The Morgan fingerprint density at radius 3 is 1.54 bits per heavy atom. The van der Waals surface area contributed by atoms with Crippen LogP contribution in [0.2, 0.25) is 39.3 Å². The molecule has 0 N–H and O–H groups in total. The minimum atomic E-state index is -4.64. The first kappa shape index (κ1) is 46.6. The van der Waals surface area contributed by atoms with Gasteiger partial charge in [0, 0.05) is 43.8 Å². The van der Waals surface area contributed by atoms with E-state index in [9.17, 15) is 35.1 Å². The molecule has 6 heterocycles. The van der Waals surface area contributed by atoms with Gasteiger partial charge in [0.2, 0.25) is 0 Å². The van der Waals surface area contributed by atoms with Gasteiger partial charge in [-0.05, 0) is 102 Å². The zero-order valence-electron chi connectivity index (χ0n) is 38.2. The lowest BCUT2D eigenvalue weighted by Gasteiger charge is -2.41. The molecule has 0 amide bonds. The Labute approximate surface area is 391 Å². The molecule has 23 heteroatoms. The fourth-order valence-electron chi connectivity index (χ4n) is 8.49. The molecule has 6 aromatic rings. The summed E-state index contributed by atoms with van der Waals surface area (Å²) in [5.41, 5.74) is 4.35. The second kappa shape index (κ2) is 15.9. The Kier molecular flexibility index (Phi) is 10.8. The zero-order chi connectivity index (χ0) is 49.3. The molecule has 12 nitrogen and oxygen atoms in total. The van der Waals surface area contributed by atoms with Gasteiger partial charge in [-0.3, -0.25) is 8.47 Å². The topological polar surface area (TPSA) is 121 Å². The summed E-state index contributed by atoms with van der Waals surface area (Å²) in [4.78, 5) is 31.3. The fraction of sp³-hybridized carbons (Fsp3) is 0.304. The molecule has 0 unspecified atom stereocenters. The lowest BCUT2D eigenvalue weighted by atomic mass is 10.1. The van der Waals surface area contributed by atoms with Crippen LogP contribution in [0.5, 0.6) is 11.5 Å². The van der Waals surface area contributed by atoms with E-state index < -0.39 is 63.4 Å². The first-order chi connectivity index (χ1) is 32.3. The molecule has 0 saturated carbocycles. The molecule has 0 saturated heterocycles. The van der Waals surface area contributed by atoms with E-state index in [0.717, 1.165) is 11.1 Å². The molecule has 2 aromatic heterocycles. The minimum absolute atomic E-state index is 0.00465. The second-order valence-corrected chi connectivity index (χ2v) is 31.2. The number of aliphatic imine (C=N–C) groups is 4. The number of aromatic nitrogens is 2. The van der Waals surface area contributed by atoms with E-state index in [2.05, 4.69) is 0 Å². The van der Waals surface area contributed by atoms with Crippen LogP contribution in [0.25, 0.3) is 21.5 Å². The average molecular weight is 1010 g/mol. The highest BCUT2D eigenvalue weighted by molar-refractivity contribution is 6.87. The molecule has 69 heavy (non-hydrogen) atoms. The van der Waals surface area contributed by atoms with Crippen molar-refractivity contribution in [1.82, 2.24) is 8.47 Å². The molecule has 4 aliphatic rings. The number of rotatable bonds is 12. The van der Waals surface area contributed by atoms with Gasteiger partial charge in [-0.2, -0.15) is 17.6 Å². The third-order valence-electron chi connectivity index (χ3n) is 11.3. The number of ether oxygens (including phenoxy) is 2. The maximum atomic E-state index is 14.4. The summed E-state index contributed by atoms with van der Waals surface area (Å²) in [6.07, 6.45) is -7.98. The van der Waals surface area contributed by atoms with Gasteiger partial charge in [0.25, 0.3) is 0 Å². The maximum absolute atomic E-state index is 14.4. The molecular formula is C46H42F8N8O4Si3. The summed E-state index contributed by atoms with van der Waals surface area (Å²) in [5, 5.41) is 1.82. The van der Waals surface area contributed by atoms with Crippen molar-refractivity contribution in [2.75, 3.05) is 13.2 Å². The molecule has 10 rings (SSSR count). The molecule has 4 aromatic carbocycles. The van der Waals surface area contributed by atoms with E-state index in [1.807, 2.05) is 93.8 Å². The van der Waals surface area contributed by atoms with E-state index >= 15 is 0 Å². The molecular weight excluding hydrogens is 965 g/mol. The standard InChI is InChI=1S/C46H42F8N8O4Si3/c1-23-9-13-27-31(17-23)37-55-35(27)58-42-34-20-26(64-22-46(53,54)44(49)50)12-16-30(34)40-60-38-32-19-25(63-21-45(51,52)43(47)48)11-15-28(32)36(56-38)57-41-33-18-24(2)10-14-29(33)39(59-37)61(41)69(62(40)42,65-67(3,4)5)66-68(6,7)8/h9-20,43-44H,21-22H2,1-8H3. The van der Waals surface area contributed by atoms with Crippen LogP contribution in [-0.2, 0) is 8.23 Å². The monoisotopic (exact) mass is 1010 g/mol. The smallest absolute Gasteiger partial charge is 0.487 e. The number of amidine groups is 4. The largest absolute Gasteiger partial charge is 0.582 e. The maximum Gasteiger partial charge on any atom is 0.582 e.